The van der Waals surface area contributed by atoms with Crippen molar-refractivity contribution in [2.75, 3.05) is 33.0 Å². The number of hydrogen-bond donors (Lipinski definition) is 9. The molecule has 16 rings (SSSR count). The van der Waals surface area contributed by atoms with E-state index in [0.29, 0.717) is 6.79 Å². The molecule has 73 heavy (non-hydrogen) atoms. The standard InChI is InChI=1S/C9H11N.C8H7N.C7H10N2.C7H6N2.C7H9NS.C7H6O2.2C6H9N3/c1-2-4-9-7-10-6-5-8(9)3-1;1-2-4-8-7(3-1)5-6-9-8;1-3-8-5-7-6(1)2-4-9-7;3*1-2-4-7-6(3-1)8-5-9-7;1-2-7-3-5-4-8-9-6(1)5;1-2-7-3-6-5(1)8-4-9-6/h1-4,10H,5-7H2;1-6,9H;2,4,8-9H,1,3,5H2;1-5H,(H,8,9);5H,1-4H2;1-4H,5H2;2*4,7H,1-3H2,(H,8,9). The van der Waals surface area contributed by atoms with Gasteiger partial charge in [-0.05, 0) is 116 Å². The number of imidazole rings is 2. The van der Waals surface area contributed by atoms with Gasteiger partial charge >= 0.3 is 0 Å². The highest BCUT2D eigenvalue weighted by Gasteiger charge is 2.12. The molecule has 4 aromatic carbocycles. The van der Waals surface area contributed by atoms with Crippen LogP contribution in [0.15, 0.2) is 146 Å². The van der Waals surface area contributed by atoms with Crippen LogP contribution in [0.2, 0.25) is 0 Å². The molecular weight excluding hydrogens is 931 g/mol. The zero-order valence-electron chi connectivity index (χ0n) is 41.4. The molecule has 0 saturated carbocycles. The minimum atomic E-state index is 0.360. The Bertz CT molecular complexity index is 2700. The highest BCUT2D eigenvalue weighted by molar-refractivity contribution is 7.09. The quantitative estimate of drug-likeness (QED) is 0.0706. The monoisotopic (exact) mass is 998 g/mol. The first-order valence-corrected chi connectivity index (χ1v) is 26.3. The number of H-pyrrole nitrogens is 5. The van der Waals surface area contributed by atoms with Gasteiger partial charge in [0.25, 0.3) is 0 Å². The lowest BCUT2D eigenvalue weighted by Gasteiger charge is -2.15. The van der Waals surface area contributed by atoms with E-state index >= 15 is 0 Å². The molecule has 0 unspecified atom stereocenters. The number of ether oxygens (including phenoxy) is 2. The fourth-order valence-electron chi connectivity index (χ4n) is 8.97. The number of aromatic amines is 5. The van der Waals surface area contributed by atoms with Gasteiger partial charge in [0.15, 0.2) is 11.5 Å². The lowest BCUT2D eigenvalue weighted by Crippen LogP contribution is -2.23. The van der Waals surface area contributed by atoms with E-state index in [1.807, 2.05) is 96.1 Å². The minimum Gasteiger partial charge on any atom is -0.454 e. The SMILES string of the molecule is c1cc2c([nH]1)CNCC2.c1ccc2[nH]ccc2c1.c1ccc2[nH]cnc2c1.c1ccc2c(c1)CCNC2.c1ccc2c(c1)OCO2.c1n[nH]c2c1CNCC2.c1nc2c([nH]1)CNCC2.c1nc2c(s1)CCCC2. The molecule has 0 spiro atoms. The van der Waals surface area contributed by atoms with Gasteiger partial charge in [0.2, 0.25) is 6.79 Å². The molecule has 15 nitrogen and oxygen atoms in total. The third kappa shape index (κ3) is 15.1. The van der Waals surface area contributed by atoms with Gasteiger partial charge in [-0.25, -0.2) is 15.0 Å². The first-order valence-electron chi connectivity index (χ1n) is 25.5. The summed E-state index contributed by atoms with van der Waals surface area (Å²) in [4.78, 5) is 26.4. The number of aromatic nitrogens is 9. The summed E-state index contributed by atoms with van der Waals surface area (Å²) in [7, 11) is 0. The van der Waals surface area contributed by atoms with Gasteiger partial charge < -0.3 is 50.7 Å². The fraction of sp³-hybridized carbons (Fsp3) is 0.298. The van der Waals surface area contributed by atoms with Crippen molar-refractivity contribution >= 4 is 33.3 Å². The Morgan fingerprint density at radius 2 is 1.12 bits per heavy atom. The molecule has 5 aliphatic heterocycles. The van der Waals surface area contributed by atoms with Crippen molar-refractivity contribution in [1.82, 2.24) is 66.4 Å². The van der Waals surface area contributed by atoms with Crippen molar-refractivity contribution in [1.29, 1.82) is 0 Å². The van der Waals surface area contributed by atoms with E-state index in [9.17, 15) is 0 Å². The van der Waals surface area contributed by atoms with Gasteiger partial charge in [0, 0.05) is 91.8 Å². The molecule has 6 aromatic heterocycles. The van der Waals surface area contributed by atoms with Gasteiger partial charge in [-0.15, -0.1) is 11.3 Å². The van der Waals surface area contributed by atoms with Crippen LogP contribution in [-0.4, -0.2) is 78.1 Å². The summed E-state index contributed by atoms with van der Waals surface area (Å²) in [6.07, 6.45) is 19.1. The second kappa shape index (κ2) is 27.5. The maximum Gasteiger partial charge on any atom is 0.231 e. The van der Waals surface area contributed by atoms with Crippen LogP contribution in [0.1, 0.15) is 68.4 Å². The van der Waals surface area contributed by atoms with Crippen LogP contribution in [-0.2, 0) is 64.7 Å². The van der Waals surface area contributed by atoms with Crippen molar-refractivity contribution in [3.8, 4) is 11.5 Å². The zero-order chi connectivity index (χ0) is 49.5. The average Bonchev–Trinajstić information content (AvgIpc) is 4.33. The normalized spacial score (nSPS) is 15.0. The Morgan fingerprint density at radius 1 is 0.452 bits per heavy atom. The van der Waals surface area contributed by atoms with Crippen LogP contribution in [0.4, 0.5) is 0 Å². The number of nitrogens with zero attached hydrogens (tertiary/aromatic N) is 4. The number of nitrogens with one attached hydrogen (secondary N) is 9. The molecule has 0 fully saturated rings. The summed E-state index contributed by atoms with van der Waals surface area (Å²) >= 11 is 1.81. The highest BCUT2D eigenvalue weighted by atomic mass is 32.1. The summed E-state index contributed by atoms with van der Waals surface area (Å²) < 4.78 is 10.2. The molecule has 0 amide bonds. The maximum absolute atomic E-state index is 5.08. The largest absolute Gasteiger partial charge is 0.454 e. The molecule has 16 heteroatoms. The fourth-order valence-corrected chi connectivity index (χ4v) is 9.83. The first kappa shape index (κ1) is 50.6. The van der Waals surface area contributed by atoms with E-state index in [2.05, 4.69) is 115 Å². The Morgan fingerprint density at radius 3 is 1.90 bits per heavy atom. The summed E-state index contributed by atoms with van der Waals surface area (Å²) in [6.45, 7) is 8.77. The van der Waals surface area contributed by atoms with Crippen molar-refractivity contribution in [3.63, 3.8) is 0 Å². The van der Waals surface area contributed by atoms with E-state index in [0.717, 1.165) is 87.7 Å². The molecule has 9 N–H and O–H groups in total. The molecule has 1 aliphatic carbocycles. The Kier molecular flexibility index (Phi) is 19.0. The predicted octanol–water partition coefficient (Wildman–Crippen LogP) is 9.27. The summed E-state index contributed by atoms with van der Waals surface area (Å²) in [6, 6.07) is 36.7. The molecule has 378 valence electrons. The van der Waals surface area contributed by atoms with Gasteiger partial charge in [-0.3, -0.25) is 5.10 Å². The second-order valence-electron chi connectivity index (χ2n) is 17.9. The second-order valence-corrected chi connectivity index (χ2v) is 18.9. The van der Waals surface area contributed by atoms with Crippen LogP contribution in [0.5, 0.6) is 11.5 Å². The summed E-state index contributed by atoms with van der Waals surface area (Å²) in [5.41, 5.74) is 17.6. The number of aryl methyl sites for hydroxylation is 2. The van der Waals surface area contributed by atoms with Crippen LogP contribution in [0.25, 0.3) is 21.9 Å². The van der Waals surface area contributed by atoms with E-state index in [4.69, 9.17) is 9.47 Å². The molecule has 0 radical (unpaired) electrons. The van der Waals surface area contributed by atoms with Crippen LogP contribution < -0.4 is 30.7 Å². The van der Waals surface area contributed by atoms with Gasteiger partial charge in [0.05, 0.1) is 52.5 Å². The summed E-state index contributed by atoms with van der Waals surface area (Å²) in [5, 5.41) is 21.3. The van der Waals surface area contributed by atoms with Gasteiger partial charge in [-0.2, -0.15) is 5.10 Å². The van der Waals surface area contributed by atoms with Crippen molar-refractivity contribution < 1.29 is 9.47 Å². The lowest BCUT2D eigenvalue weighted by molar-refractivity contribution is 0.174. The van der Waals surface area contributed by atoms with Crippen LogP contribution >= 0.6 is 11.3 Å². The number of hydrogen-bond acceptors (Lipinski definition) is 11. The number of benzene rings is 4. The third-order valence-corrected chi connectivity index (χ3v) is 13.9. The molecule has 11 heterocycles. The smallest absolute Gasteiger partial charge is 0.231 e. The van der Waals surface area contributed by atoms with Crippen molar-refractivity contribution in [3.05, 3.63) is 202 Å². The first-order chi connectivity index (χ1) is 36.2. The molecule has 10 aromatic rings. The number of rotatable bonds is 0. The minimum absolute atomic E-state index is 0.360. The van der Waals surface area contributed by atoms with Crippen LogP contribution in [0, 0.1) is 0 Å². The predicted molar refractivity (Wildman–Crippen MR) is 292 cm³/mol. The van der Waals surface area contributed by atoms with Gasteiger partial charge in [0.1, 0.15) is 0 Å². The maximum atomic E-state index is 5.08. The average molecular weight is 998 g/mol. The molecular formula is C57H67N13O2S. The number of thiazole rings is 1. The van der Waals surface area contributed by atoms with Crippen molar-refractivity contribution in [2.24, 2.45) is 0 Å². The van der Waals surface area contributed by atoms with Gasteiger partial charge in [-0.1, -0.05) is 66.7 Å². The van der Waals surface area contributed by atoms with E-state index in [-0.39, 0.29) is 0 Å². The summed E-state index contributed by atoms with van der Waals surface area (Å²) in [5.74, 6) is 1.69. The molecule has 6 aliphatic rings. The topological polar surface area (TPSA) is 197 Å². The Labute approximate surface area is 430 Å². The Hall–Kier alpha value is -7.34. The lowest BCUT2D eigenvalue weighted by atomic mass is 10.0. The van der Waals surface area contributed by atoms with Crippen molar-refractivity contribution in [2.45, 2.75) is 77.5 Å². The Balaban J connectivity index is 0.000000103. The van der Waals surface area contributed by atoms with E-state index in [1.54, 1.807) is 12.7 Å². The highest BCUT2D eigenvalue weighted by Crippen LogP contribution is 2.30. The molecule has 0 atom stereocenters. The third-order valence-electron chi connectivity index (χ3n) is 13.0. The number of fused-ring (bicyclic) bond motifs is 8. The molecule has 0 bridgehead atoms. The zero-order valence-corrected chi connectivity index (χ0v) is 42.2. The van der Waals surface area contributed by atoms with Crippen LogP contribution in [0.3, 0.4) is 0 Å². The van der Waals surface area contributed by atoms with E-state index in [1.165, 1.54) is 105 Å². The molecule has 0 saturated heterocycles. The van der Waals surface area contributed by atoms with E-state index < -0.39 is 0 Å². The number of para-hydroxylation sites is 5.